The molecule has 4 rings (SSSR count). The molecule has 1 aliphatic rings. The summed E-state index contributed by atoms with van der Waals surface area (Å²) in [6, 6.07) is 19.7. The normalized spacial score (nSPS) is 14.0. The van der Waals surface area contributed by atoms with Crippen molar-refractivity contribution in [1.29, 1.82) is 0 Å². The fourth-order valence-corrected chi connectivity index (χ4v) is 4.06. The van der Waals surface area contributed by atoms with Gasteiger partial charge in [0.25, 0.3) is 0 Å². The summed E-state index contributed by atoms with van der Waals surface area (Å²) in [6.07, 6.45) is 1.07. The zero-order valence-corrected chi connectivity index (χ0v) is 20.2. The van der Waals surface area contributed by atoms with Gasteiger partial charge in [-0.25, -0.2) is 4.68 Å². The molecule has 1 fully saturated rings. The summed E-state index contributed by atoms with van der Waals surface area (Å²) in [7, 11) is 0. The first-order chi connectivity index (χ1) is 17.1. The molecule has 0 atom stereocenters. The third-order valence-corrected chi connectivity index (χ3v) is 5.95. The second-order valence-corrected chi connectivity index (χ2v) is 8.74. The van der Waals surface area contributed by atoms with Crippen LogP contribution in [0, 0.1) is 6.92 Å². The first-order valence-electron chi connectivity index (χ1n) is 12.2. The predicted octanol–water partition coefficient (Wildman–Crippen LogP) is 3.40. The Morgan fingerprint density at radius 3 is 2.51 bits per heavy atom. The maximum atomic E-state index is 12.7. The van der Waals surface area contributed by atoms with Crippen molar-refractivity contribution in [3.63, 3.8) is 0 Å². The molecule has 1 aliphatic heterocycles. The molecular formula is C27H33N5O3. The lowest BCUT2D eigenvalue weighted by molar-refractivity contribution is -0.121. The van der Waals surface area contributed by atoms with Crippen LogP contribution >= 0.6 is 0 Å². The van der Waals surface area contributed by atoms with Gasteiger partial charge in [-0.2, -0.15) is 5.10 Å². The number of anilines is 1. The molecule has 0 saturated carbocycles. The Bertz CT molecular complexity index is 1120. The number of rotatable bonds is 10. The molecule has 0 spiro atoms. The third kappa shape index (κ3) is 7.24. The SMILES string of the molecule is Cc1cccc(-n2nc(-c3ccccc3)cc2NC(=O)CCCC(=O)NCCN2CCOCC2)c1. The molecule has 0 aliphatic carbocycles. The van der Waals surface area contributed by atoms with Gasteiger partial charge in [0, 0.05) is 50.7 Å². The Hall–Kier alpha value is -3.49. The maximum absolute atomic E-state index is 12.7. The smallest absolute Gasteiger partial charge is 0.225 e. The molecule has 2 amide bonds. The van der Waals surface area contributed by atoms with Crippen molar-refractivity contribution >= 4 is 17.6 Å². The Labute approximate surface area is 206 Å². The number of aromatic nitrogens is 2. The van der Waals surface area contributed by atoms with Crippen LogP contribution in [-0.4, -0.2) is 65.9 Å². The van der Waals surface area contributed by atoms with Crippen LogP contribution in [0.1, 0.15) is 24.8 Å². The van der Waals surface area contributed by atoms with Crippen molar-refractivity contribution in [2.45, 2.75) is 26.2 Å². The van der Waals surface area contributed by atoms with Crippen molar-refractivity contribution in [2.24, 2.45) is 0 Å². The quantitative estimate of drug-likeness (QED) is 0.469. The Morgan fingerprint density at radius 1 is 0.971 bits per heavy atom. The second-order valence-electron chi connectivity index (χ2n) is 8.74. The summed E-state index contributed by atoms with van der Waals surface area (Å²) in [5.41, 5.74) is 3.74. The molecule has 3 aromatic rings. The average molecular weight is 476 g/mol. The van der Waals surface area contributed by atoms with E-state index in [-0.39, 0.29) is 18.2 Å². The van der Waals surface area contributed by atoms with E-state index in [0.29, 0.717) is 25.2 Å². The summed E-state index contributed by atoms with van der Waals surface area (Å²) < 4.78 is 7.09. The molecule has 8 heteroatoms. The van der Waals surface area contributed by atoms with Gasteiger partial charge >= 0.3 is 0 Å². The largest absolute Gasteiger partial charge is 0.379 e. The minimum atomic E-state index is -0.139. The van der Waals surface area contributed by atoms with E-state index in [4.69, 9.17) is 9.84 Å². The molecular weight excluding hydrogens is 442 g/mol. The highest BCUT2D eigenvalue weighted by Gasteiger charge is 2.15. The van der Waals surface area contributed by atoms with Gasteiger partial charge in [0.1, 0.15) is 5.82 Å². The fraction of sp³-hybridized carbons (Fsp3) is 0.370. The lowest BCUT2D eigenvalue weighted by Gasteiger charge is -2.26. The van der Waals surface area contributed by atoms with Crippen LogP contribution in [-0.2, 0) is 14.3 Å². The van der Waals surface area contributed by atoms with Gasteiger partial charge in [-0.3, -0.25) is 14.5 Å². The lowest BCUT2D eigenvalue weighted by atomic mass is 10.1. The number of carbonyl (C=O) groups excluding carboxylic acids is 2. The summed E-state index contributed by atoms with van der Waals surface area (Å²) in [5.74, 6) is 0.441. The van der Waals surface area contributed by atoms with E-state index >= 15 is 0 Å². The molecule has 0 bridgehead atoms. The van der Waals surface area contributed by atoms with Crippen molar-refractivity contribution in [2.75, 3.05) is 44.7 Å². The molecule has 1 aromatic heterocycles. The minimum absolute atomic E-state index is 0.0257. The van der Waals surface area contributed by atoms with E-state index in [1.807, 2.05) is 67.6 Å². The van der Waals surface area contributed by atoms with E-state index in [0.717, 1.165) is 55.4 Å². The predicted molar refractivity (Wildman–Crippen MR) is 136 cm³/mol. The van der Waals surface area contributed by atoms with Gasteiger partial charge in [-0.1, -0.05) is 42.5 Å². The van der Waals surface area contributed by atoms with Crippen LogP contribution in [0.3, 0.4) is 0 Å². The summed E-state index contributed by atoms with van der Waals surface area (Å²) in [6.45, 7) is 6.76. The lowest BCUT2D eigenvalue weighted by Crippen LogP contribution is -2.41. The highest BCUT2D eigenvalue weighted by atomic mass is 16.5. The van der Waals surface area contributed by atoms with E-state index in [1.54, 1.807) is 4.68 Å². The van der Waals surface area contributed by atoms with E-state index < -0.39 is 0 Å². The summed E-state index contributed by atoms with van der Waals surface area (Å²) >= 11 is 0. The zero-order valence-electron chi connectivity index (χ0n) is 20.2. The maximum Gasteiger partial charge on any atom is 0.225 e. The number of amides is 2. The average Bonchev–Trinajstić information content (AvgIpc) is 3.29. The zero-order chi connectivity index (χ0) is 24.5. The first-order valence-corrected chi connectivity index (χ1v) is 12.2. The highest BCUT2D eigenvalue weighted by molar-refractivity contribution is 5.91. The van der Waals surface area contributed by atoms with Gasteiger partial charge in [0.2, 0.25) is 11.8 Å². The van der Waals surface area contributed by atoms with E-state index in [9.17, 15) is 9.59 Å². The van der Waals surface area contributed by atoms with Gasteiger partial charge in [-0.05, 0) is 31.0 Å². The van der Waals surface area contributed by atoms with Gasteiger partial charge in [0.15, 0.2) is 0 Å². The van der Waals surface area contributed by atoms with Crippen molar-refractivity contribution in [3.8, 4) is 16.9 Å². The number of carbonyl (C=O) groups is 2. The van der Waals surface area contributed by atoms with Gasteiger partial charge < -0.3 is 15.4 Å². The van der Waals surface area contributed by atoms with Crippen LogP contribution in [0.2, 0.25) is 0 Å². The molecule has 8 nitrogen and oxygen atoms in total. The molecule has 184 valence electrons. The van der Waals surface area contributed by atoms with Crippen molar-refractivity contribution < 1.29 is 14.3 Å². The Balaban J connectivity index is 1.31. The number of hydrogen-bond acceptors (Lipinski definition) is 5. The first kappa shape index (κ1) is 24.6. The van der Waals surface area contributed by atoms with Gasteiger partial charge in [-0.15, -0.1) is 0 Å². The number of nitrogens with zero attached hydrogens (tertiary/aromatic N) is 3. The molecule has 1 saturated heterocycles. The van der Waals surface area contributed by atoms with Gasteiger partial charge in [0.05, 0.1) is 24.6 Å². The van der Waals surface area contributed by atoms with E-state index in [1.165, 1.54) is 0 Å². The molecule has 0 radical (unpaired) electrons. The third-order valence-electron chi connectivity index (χ3n) is 5.95. The van der Waals surface area contributed by atoms with Crippen LogP contribution in [0.5, 0.6) is 0 Å². The molecule has 2 aromatic carbocycles. The topological polar surface area (TPSA) is 88.5 Å². The highest BCUT2D eigenvalue weighted by Crippen LogP contribution is 2.25. The van der Waals surface area contributed by atoms with Crippen LogP contribution in [0.25, 0.3) is 16.9 Å². The standard InChI is InChI=1S/C27H33N5O3/c1-21-7-5-10-23(19-21)32-25(20-24(30-32)22-8-3-2-4-9-22)29-27(34)12-6-11-26(33)28-13-14-31-15-17-35-18-16-31/h2-5,7-10,19-20H,6,11-18H2,1H3,(H,28,33)(H,29,34). The van der Waals surface area contributed by atoms with Crippen LogP contribution in [0.4, 0.5) is 5.82 Å². The molecule has 2 N–H and O–H groups in total. The monoisotopic (exact) mass is 475 g/mol. The van der Waals surface area contributed by atoms with E-state index in [2.05, 4.69) is 15.5 Å². The number of aryl methyl sites for hydroxylation is 1. The number of nitrogens with one attached hydrogen (secondary N) is 2. The van der Waals surface area contributed by atoms with Crippen molar-refractivity contribution in [1.82, 2.24) is 20.0 Å². The fourth-order valence-electron chi connectivity index (χ4n) is 4.06. The second kappa shape index (κ2) is 12.3. The number of morpholine rings is 1. The number of ether oxygens (including phenoxy) is 1. The summed E-state index contributed by atoms with van der Waals surface area (Å²) in [5, 5.41) is 10.7. The number of benzene rings is 2. The Morgan fingerprint density at radius 2 is 1.74 bits per heavy atom. The Kier molecular flexibility index (Phi) is 8.64. The number of hydrogen-bond donors (Lipinski definition) is 2. The molecule has 0 unspecified atom stereocenters. The molecule has 2 heterocycles. The minimum Gasteiger partial charge on any atom is -0.379 e. The molecule has 35 heavy (non-hydrogen) atoms. The summed E-state index contributed by atoms with van der Waals surface area (Å²) in [4.78, 5) is 27.1. The van der Waals surface area contributed by atoms with Crippen molar-refractivity contribution in [3.05, 3.63) is 66.2 Å². The van der Waals surface area contributed by atoms with Crippen LogP contribution in [0.15, 0.2) is 60.7 Å². The van der Waals surface area contributed by atoms with Crippen LogP contribution < -0.4 is 10.6 Å².